The third-order valence-electron chi connectivity index (χ3n) is 3.39. The number of rotatable bonds is 10. The van der Waals surface area contributed by atoms with E-state index in [1.165, 1.54) is 25.3 Å². The maximum Gasteiger partial charge on any atom is 0.328 e. The number of hydrogen-bond donors (Lipinski definition) is 2. The Labute approximate surface area is 155 Å². The van der Waals surface area contributed by atoms with Crippen LogP contribution in [0.25, 0.3) is 0 Å². The van der Waals surface area contributed by atoms with Gasteiger partial charge in [-0.25, -0.2) is 4.79 Å². The molecule has 9 nitrogen and oxygen atoms in total. The van der Waals surface area contributed by atoms with Crippen molar-refractivity contribution in [3.63, 3.8) is 0 Å². The smallest absolute Gasteiger partial charge is 0.328 e. The van der Waals surface area contributed by atoms with E-state index in [0.29, 0.717) is 12.2 Å². The maximum absolute atomic E-state index is 12.0. The van der Waals surface area contributed by atoms with Crippen molar-refractivity contribution in [1.29, 1.82) is 0 Å². The topological polar surface area (TPSA) is 128 Å². The molecular formula is C16H21N3O6S. The third-order valence-corrected chi connectivity index (χ3v) is 4.03. The molecule has 26 heavy (non-hydrogen) atoms. The van der Waals surface area contributed by atoms with Crippen molar-refractivity contribution in [2.75, 3.05) is 25.7 Å². The maximum atomic E-state index is 12.0. The molecule has 0 saturated carbocycles. The highest BCUT2D eigenvalue weighted by atomic mass is 32.2. The number of amides is 2. The van der Waals surface area contributed by atoms with Gasteiger partial charge in [-0.15, -0.1) is 0 Å². The molecule has 142 valence electrons. The summed E-state index contributed by atoms with van der Waals surface area (Å²) in [4.78, 5) is 45.7. The van der Waals surface area contributed by atoms with E-state index in [9.17, 15) is 24.5 Å². The molecule has 0 aliphatic carbocycles. The van der Waals surface area contributed by atoms with E-state index in [1.807, 2.05) is 6.26 Å². The number of hydrogen-bond acceptors (Lipinski definition) is 7. The minimum atomic E-state index is -0.729. The highest BCUT2D eigenvalue weighted by molar-refractivity contribution is 7.98. The summed E-state index contributed by atoms with van der Waals surface area (Å²) >= 11 is 1.54. The molecule has 0 heterocycles. The van der Waals surface area contributed by atoms with Gasteiger partial charge in [0.25, 0.3) is 11.6 Å². The molecule has 0 fully saturated rings. The normalized spacial score (nSPS) is 11.3. The molecule has 1 rings (SSSR count). The Hall–Kier alpha value is -2.62. The quantitative estimate of drug-likeness (QED) is 0.352. The lowest BCUT2D eigenvalue weighted by Crippen LogP contribution is -2.43. The Morgan fingerprint density at radius 2 is 2.08 bits per heavy atom. The molecular weight excluding hydrogens is 362 g/mol. The zero-order chi connectivity index (χ0) is 19.5. The van der Waals surface area contributed by atoms with Gasteiger partial charge >= 0.3 is 5.97 Å². The average Bonchev–Trinajstić information content (AvgIpc) is 2.64. The van der Waals surface area contributed by atoms with Crippen molar-refractivity contribution in [2.24, 2.45) is 0 Å². The van der Waals surface area contributed by atoms with E-state index in [2.05, 4.69) is 15.4 Å². The Morgan fingerprint density at radius 3 is 2.69 bits per heavy atom. The number of nitro groups is 1. The first kappa shape index (κ1) is 21.4. The monoisotopic (exact) mass is 383 g/mol. The summed E-state index contributed by atoms with van der Waals surface area (Å²) in [6.07, 6.45) is 2.30. The van der Waals surface area contributed by atoms with E-state index >= 15 is 0 Å². The van der Waals surface area contributed by atoms with Crippen molar-refractivity contribution in [1.82, 2.24) is 10.6 Å². The van der Waals surface area contributed by atoms with E-state index in [4.69, 9.17) is 0 Å². The second kappa shape index (κ2) is 11.1. The number of non-ortho nitro benzene ring substituents is 1. The minimum absolute atomic E-state index is 0.0315. The minimum Gasteiger partial charge on any atom is -0.467 e. The first-order valence-corrected chi connectivity index (χ1v) is 9.17. The van der Waals surface area contributed by atoms with E-state index in [0.717, 1.165) is 6.07 Å². The fourth-order valence-corrected chi connectivity index (χ4v) is 2.52. The number of benzene rings is 1. The van der Waals surface area contributed by atoms with Gasteiger partial charge in [-0.2, -0.15) is 11.8 Å². The van der Waals surface area contributed by atoms with Crippen LogP contribution in [-0.4, -0.2) is 54.4 Å². The fourth-order valence-electron chi connectivity index (χ4n) is 2.05. The van der Waals surface area contributed by atoms with E-state index in [1.54, 1.807) is 11.8 Å². The summed E-state index contributed by atoms with van der Waals surface area (Å²) in [5.41, 5.74) is -0.0582. The Kier molecular flexibility index (Phi) is 9.13. The van der Waals surface area contributed by atoms with Crippen LogP contribution in [0, 0.1) is 10.1 Å². The van der Waals surface area contributed by atoms with Crippen molar-refractivity contribution < 1.29 is 24.0 Å². The zero-order valence-corrected chi connectivity index (χ0v) is 15.3. The van der Waals surface area contributed by atoms with Gasteiger partial charge in [0.2, 0.25) is 5.91 Å². The molecule has 2 N–H and O–H groups in total. The standard InChI is InChI=1S/C16H21N3O6S/c1-25-16(22)13(7-9-26-2)18-14(20)6-8-17-15(21)11-4-3-5-12(10-11)19(23)24/h3-5,10,13H,6-9H2,1-2H3,(H,17,21)(H,18,20). The molecule has 10 heteroatoms. The van der Waals surface area contributed by atoms with Crippen molar-refractivity contribution >= 4 is 35.2 Å². The molecule has 1 unspecified atom stereocenters. The number of carbonyl (C=O) groups is 3. The second-order valence-electron chi connectivity index (χ2n) is 5.24. The number of thioether (sulfide) groups is 1. The van der Waals surface area contributed by atoms with Gasteiger partial charge in [0.1, 0.15) is 6.04 Å². The number of nitrogens with zero attached hydrogens (tertiary/aromatic N) is 1. The highest BCUT2D eigenvalue weighted by Crippen LogP contribution is 2.12. The van der Waals surface area contributed by atoms with Crippen LogP contribution in [0.2, 0.25) is 0 Å². The molecule has 0 saturated heterocycles. The van der Waals surface area contributed by atoms with Crippen LogP contribution >= 0.6 is 11.8 Å². The average molecular weight is 383 g/mol. The van der Waals surface area contributed by atoms with Gasteiger partial charge in [0, 0.05) is 30.7 Å². The number of nitrogens with one attached hydrogen (secondary N) is 2. The van der Waals surface area contributed by atoms with Gasteiger partial charge in [-0.05, 0) is 24.5 Å². The highest BCUT2D eigenvalue weighted by Gasteiger charge is 2.21. The Bertz CT molecular complexity index is 667. The lowest BCUT2D eigenvalue weighted by Gasteiger charge is -2.16. The van der Waals surface area contributed by atoms with Gasteiger partial charge in [-0.1, -0.05) is 6.07 Å². The SMILES string of the molecule is COC(=O)C(CCSC)NC(=O)CCNC(=O)c1cccc([N+](=O)[O-])c1. The largest absolute Gasteiger partial charge is 0.467 e. The van der Waals surface area contributed by atoms with Gasteiger partial charge in [-0.3, -0.25) is 19.7 Å². The van der Waals surface area contributed by atoms with Crippen LogP contribution in [0.5, 0.6) is 0 Å². The number of esters is 1. The summed E-state index contributed by atoms with van der Waals surface area (Å²) in [5, 5.41) is 15.8. The van der Waals surface area contributed by atoms with Gasteiger partial charge in [0.05, 0.1) is 12.0 Å². The zero-order valence-electron chi connectivity index (χ0n) is 14.5. The Balaban J connectivity index is 2.49. The van der Waals surface area contributed by atoms with Crippen LogP contribution < -0.4 is 10.6 Å². The Morgan fingerprint density at radius 1 is 1.35 bits per heavy atom. The second-order valence-corrected chi connectivity index (χ2v) is 6.22. The molecule has 1 aromatic carbocycles. The van der Waals surface area contributed by atoms with Crippen molar-refractivity contribution in [2.45, 2.75) is 18.9 Å². The summed E-state index contributed by atoms with van der Waals surface area (Å²) in [5.74, 6) is -0.758. The molecule has 1 atom stereocenters. The molecule has 0 aromatic heterocycles. The fraction of sp³-hybridized carbons (Fsp3) is 0.438. The van der Waals surface area contributed by atoms with Crippen LogP contribution in [-0.2, 0) is 14.3 Å². The predicted molar refractivity (Wildman–Crippen MR) is 97.0 cm³/mol. The molecule has 1 aromatic rings. The lowest BCUT2D eigenvalue weighted by molar-refractivity contribution is -0.384. The van der Waals surface area contributed by atoms with Crippen LogP contribution in [0.15, 0.2) is 24.3 Å². The third kappa shape index (κ3) is 7.09. The molecule has 0 aliphatic heterocycles. The van der Waals surface area contributed by atoms with E-state index < -0.39 is 28.7 Å². The number of ether oxygens (including phenoxy) is 1. The van der Waals surface area contributed by atoms with Crippen LogP contribution in [0.4, 0.5) is 5.69 Å². The summed E-state index contributed by atoms with van der Waals surface area (Å²) < 4.78 is 4.65. The molecule has 0 aliphatic rings. The summed E-state index contributed by atoms with van der Waals surface area (Å²) in [6.45, 7) is 0.0315. The number of carbonyl (C=O) groups excluding carboxylic acids is 3. The lowest BCUT2D eigenvalue weighted by atomic mass is 10.2. The van der Waals surface area contributed by atoms with Crippen LogP contribution in [0.3, 0.4) is 0 Å². The first-order valence-electron chi connectivity index (χ1n) is 7.77. The number of methoxy groups -OCH3 is 1. The summed E-state index contributed by atoms with van der Waals surface area (Å²) in [6, 6.07) is 4.56. The molecule has 0 spiro atoms. The van der Waals surface area contributed by atoms with E-state index in [-0.39, 0.29) is 24.2 Å². The predicted octanol–water partition coefficient (Wildman–Crippen LogP) is 1.13. The van der Waals surface area contributed by atoms with Gasteiger partial charge < -0.3 is 15.4 Å². The first-order chi connectivity index (χ1) is 12.4. The summed E-state index contributed by atoms with van der Waals surface area (Å²) in [7, 11) is 1.25. The van der Waals surface area contributed by atoms with Crippen molar-refractivity contribution in [3.8, 4) is 0 Å². The van der Waals surface area contributed by atoms with Gasteiger partial charge in [0.15, 0.2) is 0 Å². The molecule has 0 bridgehead atoms. The van der Waals surface area contributed by atoms with Crippen molar-refractivity contribution in [3.05, 3.63) is 39.9 Å². The molecule has 2 amide bonds. The van der Waals surface area contributed by atoms with Crippen LogP contribution in [0.1, 0.15) is 23.2 Å². The number of nitro benzene ring substituents is 1. The molecule has 0 radical (unpaired) electrons.